The Balaban J connectivity index is 1.73. The smallest absolute Gasteiger partial charge is 0.164 e. The molecule has 1 aliphatic rings. The molecule has 146 valence electrons. The molecule has 2 aromatic heterocycles. The predicted molar refractivity (Wildman–Crippen MR) is 111 cm³/mol. The lowest BCUT2D eigenvalue weighted by Crippen LogP contribution is -2.10. The maximum absolute atomic E-state index is 6.27. The zero-order valence-electron chi connectivity index (χ0n) is 16.3. The van der Waals surface area contributed by atoms with Gasteiger partial charge in [-0.15, -0.1) is 0 Å². The number of aryl methyl sites for hydroxylation is 1. The molecule has 29 heavy (non-hydrogen) atoms. The third-order valence-corrected chi connectivity index (χ3v) is 5.57. The summed E-state index contributed by atoms with van der Waals surface area (Å²) in [4.78, 5) is 8.75. The van der Waals surface area contributed by atoms with E-state index in [0.717, 1.165) is 35.1 Å². The van der Waals surface area contributed by atoms with Crippen LogP contribution in [0.2, 0.25) is 0 Å². The van der Waals surface area contributed by atoms with Gasteiger partial charge in [0.05, 0.1) is 25.6 Å². The van der Waals surface area contributed by atoms with E-state index in [1.807, 2.05) is 22.9 Å². The molecule has 1 aliphatic carbocycles. The van der Waals surface area contributed by atoms with Crippen molar-refractivity contribution in [3.8, 4) is 22.8 Å². The Hall–Kier alpha value is -3.61. The van der Waals surface area contributed by atoms with Crippen LogP contribution in [0.1, 0.15) is 23.6 Å². The molecule has 0 saturated carbocycles. The highest BCUT2D eigenvalue weighted by Crippen LogP contribution is 2.40. The fraction of sp³-hybridized carbons (Fsp3) is 0.227. The van der Waals surface area contributed by atoms with Crippen molar-refractivity contribution in [2.45, 2.75) is 18.9 Å². The van der Waals surface area contributed by atoms with Gasteiger partial charge in [0.15, 0.2) is 17.1 Å². The first kappa shape index (κ1) is 17.5. The number of methoxy groups -OCH3 is 2. The Labute approximate surface area is 168 Å². The highest BCUT2D eigenvalue weighted by atomic mass is 16.5. The molecule has 7 heteroatoms. The van der Waals surface area contributed by atoms with Gasteiger partial charge >= 0.3 is 0 Å². The largest absolute Gasteiger partial charge is 0.493 e. The fourth-order valence-corrected chi connectivity index (χ4v) is 4.19. The van der Waals surface area contributed by atoms with Crippen LogP contribution in [0.15, 0.2) is 48.8 Å². The van der Waals surface area contributed by atoms with Gasteiger partial charge in [-0.3, -0.25) is 0 Å². The van der Waals surface area contributed by atoms with Gasteiger partial charge in [0.1, 0.15) is 17.8 Å². The van der Waals surface area contributed by atoms with E-state index in [4.69, 9.17) is 20.3 Å². The van der Waals surface area contributed by atoms with Crippen LogP contribution in [0, 0.1) is 0 Å². The molecule has 0 saturated heterocycles. The molecule has 0 fully saturated rings. The molecule has 0 aliphatic heterocycles. The monoisotopic (exact) mass is 387 g/mol. The highest BCUT2D eigenvalue weighted by molar-refractivity contribution is 5.98. The van der Waals surface area contributed by atoms with Crippen molar-refractivity contribution in [2.24, 2.45) is 0 Å². The van der Waals surface area contributed by atoms with Crippen molar-refractivity contribution in [3.05, 3.63) is 59.9 Å². The number of ether oxygens (including phenoxy) is 2. The quantitative estimate of drug-likeness (QED) is 0.575. The van der Waals surface area contributed by atoms with Crippen molar-refractivity contribution < 1.29 is 9.47 Å². The van der Waals surface area contributed by atoms with Gasteiger partial charge in [-0.2, -0.15) is 5.10 Å². The summed E-state index contributed by atoms with van der Waals surface area (Å²) < 4.78 is 12.8. The summed E-state index contributed by atoms with van der Waals surface area (Å²) in [5.41, 5.74) is 11.3. The number of rotatable bonds is 4. The van der Waals surface area contributed by atoms with E-state index in [1.54, 1.807) is 14.2 Å². The number of fused-ring (bicyclic) bond motifs is 2. The number of anilines is 1. The summed E-state index contributed by atoms with van der Waals surface area (Å²) in [6.07, 6.45) is 3.49. The third-order valence-electron chi connectivity index (χ3n) is 5.57. The molecular weight excluding hydrogens is 366 g/mol. The summed E-state index contributed by atoms with van der Waals surface area (Å²) >= 11 is 0. The molecule has 1 atom stereocenters. The zero-order chi connectivity index (χ0) is 20.0. The SMILES string of the molecule is COc1ccc(-c2nn(C3CCc4ccccc43)c3ncnc(N)c23)cc1OC. The second kappa shape index (κ2) is 6.77. The van der Waals surface area contributed by atoms with E-state index in [-0.39, 0.29) is 6.04 Å². The molecule has 0 amide bonds. The second-order valence-corrected chi connectivity index (χ2v) is 7.07. The zero-order valence-corrected chi connectivity index (χ0v) is 16.3. The normalized spacial score (nSPS) is 15.4. The van der Waals surface area contributed by atoms with E-state index in [1.165, 1.54) is 17.5 Å². The van der Waals surface area contributed by atoms with Crippen LogP contribution in [-0.2, 0) is 6.42 Å². The van der Waals surface area contributed by atoms with Crippen LogP contribution in [0.25, 0.3) is 22.3 Å². The Morgan fingerprint density at radius 2 is 1.86 bits per heavy atom. The molecule has 1 unspecified atom stereocenters. The lowest BCUT2D eigenvalue weighted by atomic mass is 10.1. The summed E-state index contributed by atoms with van der Waals surface area (Å²) in [5, 5.41) is 5.72. The molecule has 7 nitrogen and oxygen atoms in total. The number of hydrogen-bond donors (Lipinski definition) is 1. The van der Waals surface area contributed by atoms with E-state index in [9.17, 15) is 0 Å². The van der Waals surface area contributed by atoms with E-state index < -0.39 is 0 Å². The van der Waals surface area contributed by atoms with Crippen molar-refractivity contribution in [1.82, 2.24) is 19.7 Å². The van der Waals surface area contributed by atoms with Gasteiger partial charge in [0.2, 0.25) is 0 Å². The van der Waals surface area contributed by atoms with Crippen LogP contribution in [0.4, 0.5) is 5.82 Å². The summed E-state index contributed by atoms with van der Waals surface area (Å²) in [7, 11) is 3.23. The van der Waals surface area contributed by atoms with Gasteiger partial charge < -0.3 is 15.2 Å². The topological polar surface area (TPSA) is 88.1 Å². The third kappa shape index (κ3) is 2.69. The molecule has 2 aromatic carbocycles. The second-order valence-electron chi connectivity index (χ2n) is 7.07. The Bertz CT molecular complexity index is 1220. The average molecular weight is 387 g/mol. The van der Waals surface area contributed by atoms with Gasteiger partial charge in [0.25, 0.3) is 0 Å². The lowest BCUT2D eigenvalue weighted by Gasteiger charge is -2.13. The molecule has 2 N–H and O–H groups in total. The molecule has 0 spiro atoms. The van der Waals surface area contributed by atoms with Crippen molar-refractivity contribution in [3.63, 3.8) is 0 Å². The first-order chi connectivity index (χ1) is 14.2. The minimum Gasteiger partial charge on any atom is -0.493 e. The lowest BCUT2D eigenvalue weighted by molar-refractivity contribution is 0.355. The Kier molecular flexibility index (Phi) is 4.08. The van der Waals surface area contributed by atoms with Gasteiger partial charge in [-0.1, -0.05) is 24.3 Å². The number of nitrogens with two attached hydrogens (primary N) is 1. The standard InChI is InChI=1S/C22H21N5O2/c1-28-17-10-8-14(11-18(17)29-2)20-19-21(23)24-12-25-22(19)27(26-20)16-9-7-13-5-3-4-6-15(13)16/h3-6,8,10-12,16H,7,9H2,1-2H3,(H2,23,24,25). The van der Waals surface area contributed by atoms with E-state index in [2.05, 4.69) is 34.2 Å². The molecule has 0 radical (unpaired) electrons. The molecule has 5 rings (SSSR count). The number of nitrogen functional groups attached to an aromatic ring is 1. The fourth-order valence-electron chi connectivity index (χ4n) is 4.19. The van der Waals surface area contributed by atoms with Crippen LogP contribution in [0.3, 0.4) is 0 Å². The number of nitrogens with zero attached hydrogens (tertiary/aromatic N) is 4. The van der Waals surface area contributed by atoms with Crippen LogP contribution < -0.4 is 15.2 Å². The predicted octanol–water partition coefficient (Wildman–Crippen LogP) is 3.63. The van der Waals surface area contributed by atoms with Crippen LogP contribution in [0.5, 0.6) is 11.5 Å². The summed E-state index contributed by atoms with van der Waals surface area (Å²) in [6, 6.07) is 14.3. The van der Waals surface area contributed by atoms with Gasteiger partial charge in [0, 0.05) is 5.56 Å². The molecule has 4 aromatic rings. The van der Waals surface area contributed by atoms with Crippen LogP contribution in [-0.4, -0.2) is 34.0 Å². The number of hydrogen-bond acceptors (Lipinski definition) is 6. The highest BCUT2D eigenvalue weighted by Gasteiger charge is 2.28. The molecule has 0 bridgehead atoms. The minimum absolute atomic E-state index is 0.122. The first-order valence-corrected chi connectivity index (χ1v) is 9.50. The minimum atomic E-state index is 0.122. The van der Waals surface area contributed by atoms with E-state index in [0.29, 0.717) is 17.3 Å². The van der Waals surface area contributed by atoms with E-state index >= 15 is 0 Å². The maximum Gasteiger partial charge on any atom is 0.164 e. The summed E-state index contributed by atoms with van der Waals surface area (Å²) in [5.74, 6) is 1.71. The van der Waals surface area contributed by atoms with Crippen LogP contribution >= 0.6 is 0 Å². The number of aromatic nitrogens is 4. The maximum atomic E-state index is 6.27. The molecular formula is C22H21N5O2. The van der Waals surface area contributed by atoms with Gasteiger partial charge in [-0.25, -0.2) is 14.6 Å². The summed E-state index contributed by atoms with van der Waals surface area (Å²) in [6.45, 7) is 0. The van der Waals surface area contributed by atoms with Crippen molar-refractivity contribution >= 4 is 16.9 Å². The Morgan fingerprint density at radius 3 is 2.69 bits per heavy atom. The average Bonchev–Trinajstić information content (AvgIpc) is 3.35. The van der Waals surface area contributed by atoms with Crippen molar-refractivity contribution in [1.29, 1.82) is 0 Å². The Morgan fingerprint density at radius 1 is 1.03 bits per heavy atom. The van der Waals surface area contributed by atoms with Gasteiger partial charge in [-0.05, 0) is 42.2 Å². The first-order valence-electron chi connectivity index (χ1n) is 9.50. The van der Waals surface area contributed by atoms with Crippen molar-refractivity contribution in [2.75, 3.05) is 20.0 Å². The number of benzene rings is 2. The molecule has 2 heterocycles.